The molecule has 4 heteroatoms. The van der Waals surface area contributed by atoms with Gasteiger partial charge in [0.05, 0.1) is 11.0 Å². The van der Waals surface area contributed by atoms with E-state index in [1.165, 1.54) is 63.1 Å². The second-order valence-electron chi connectivity index (χ2n) is 8.43. The van der Waals surface area contributed by atoms with Gasteiger partial charge in [0, 0.05) is 58.3 Å². The van der Waals surface area contributed by atoms with Crippen molar-refractivity contribution in [1.29, 1.82) is 0 Å². The minimum Gasteiger partial charge on any atom is -0.309 e. The molecule has 0 amide bonds. The Morgan fingerprint density at radius 1 is 0.576 bits per heavy atom. The Morgan fingerprint density at radius 3 is 2.36 bits per heavy atom. The van der Waals surface area contributed by atoms with E-state index in [1.54, 1.807) is 11.3 Å². The molecule has 0 saturated heterocycles. The summed E-state index contributed by atoms with van der Waals surface area (Å²) in [6.45, 7) is 0. The van der Waals surface area contributed by atoms with Crippen molar-refractivity contribution >= 4 is 85.0 Å². The number of benzene rings is 4. The van der Waals surface area contributed by atoms with Crippen LogP contribution in [0.15, 0.2) is 97.2 Å². The minimum atomic E-state index is 1.10. The van der Waals surface area contributed by atoms with Gasteiger partial charge in [0.15, 0.2) is 0 Å². The fraction of sp³-hybridized carbons (Fsp3) is 0. The van der Waals surface area contributed by atoms with E-state index in [-0.39, 0.29) is 0 Å². The Kier molecular flexibility index (Phi) is 3.45. The van der Waals surface area contributed by atoms with Crippen LogP contribution in [0, 0.1) is 0 Å². The van der Waals surface area contributed by atoms with E-state index < -0.39 is 0 Å². The minimum absolute atomic E-state index is 1.10. The van der Waals surface area contributed by atoms with E-state index in [1.807, 2.05) is 23.6 Å². The van der Waals surface area contributed by atoms with Gasteiger partial charge in [-0.15, -0.1) is 22.7 Å². The van der Waals surface area contributed by atoms with Crippen LogP contribution in [0.3, 0.4) is 0 Å². The fourth-order valence-corrected chi connectivity index (χ4v) is 7.54. The number of aromatic nitrogens is 2. The zero-order chi connectivity index (χ0) is 21.5. The zero-order valence-corrected chi connectivity index (χ0v) is 19.1. The molecule has 4 aromatic carbocycles. The molecule has 0 radical (unpaired) electrons. The van der Waals surface area contributed by atoms with Crippen LogP contribution in [0.1, 0.15) is 0 Å². The summed E-state index contributed by atoms with van der Waals surface area (Å²) in [6.07, 6.45) is 1.89. The quantitative estimate of drug-likeness (QED) is 0.241. The van der Waals surface area contributed by atoms with Gasteiger partial charge < -0.3 is 4.57 Å². The third kappa shape index (κ3) is 2.34. The molecular weight excluding hydrogens is 440 g/mol. The van der Waals surface area contributed by atoms with Gasteiger partial charge in [0.1, 0.15) is 4.83 Å². The van der Waals surface area contributed by atoms with Crippen molar-refractivity contribution in [2.45, 2.75) is 0 Å². The number of rotatable bonds is 1. The van der Waals surface area contributed by atoms with Gasteiger partial charge in [0.25, 0.3) is 0 Å². The first-order valence-corrected chi connectivity index (χ1v) is 12.6. The summed E-state index contributed by atoms with van der Waals surface area (Å²) < 4.78 is 6.41. The summed E-state index contributed by atoms with van der Waals surface area (Å²) in [5.74, 6) is 0. The number of nitrogens with zero attached hydrogens (tertiary/aromatic N) is 2. The molecule has 0 saturated carbocycles. The molecule has 0 aliphatic heterocycles. The largest absolute Gasteiger partial charge is 0.309 e. The van der Waals surface area contributed by atoms with Crippen molar-refractivity contribution in [2.75, 3.05) is 0 Å². The van der Waals surface area contributed by atoms with Gasteiger partial charge >= 0.3 is 0 Å². The molecule has 0 unspecified atom stereocenters. The molecular formula is C29H16N2S2. The Bertz CT molecular complexity index is 2040. The molecule has 0 atom stereocenters. The molecule has 4 heterocycles. The van der Waals surface area contributed by atoms with E-state index in [0.29, 0.717) is 0 Å². The van der Waals surface area contributed by atoms with E-state index in [4.69, 9.17) is 0 Å². The zero-order valence-electron chi connectivity index (χ0n) is 17.4. The lowest BCUT2D eigenvalue weighted by Crippen LogP contribution is -1.93. The van der Waals surface area contributed by atoms with Crippen LogP contribution >= 0.6 is 22.7 Å². The third-order valence-corrected chi connectivity index (χ3v) is 8.97. The molecule has 0 fully saturated rings. The first-order valence-electron chi connectivity index (χ1n) is 11.0. The maximum absolute atomic E-state index is 4.64. The molecule has 4 aromatic heterocycles. The molecule has 0 aliphatic carbocycles. The van der Waals surface area contributed by atoms with Crippen LogP contribution in [-0.2, 0) is 0 Å². The van der Waals surface area contributed by atoms with Crippen LogP contribution in [0.2, 0.25) is 0 Å². The Hall–Kier alpha value is -3.73. The number of hydrogen-bond acceptors (Lipinski definition) is 3. The highest BCUT2D eigenvalue weighted by atomic mass is 32.1. The number of thiophene rings is 2. The second kappa shape index (κ2) is 6.41. The maximum atomic E-state index is 4.64. The van der Waals surface area contributed by atoms with Crippen molar-refractivity contribution in [3.63, 3.8) is 0 Å². The molecule has 33 heavy (non-hydrogen) atoms. The highest BCUT2D eigenvalue weighted by Crippen LogP contribution is 2.43. The van der Waals surface area contributed by atoms with Crippen LogP contribution in [-0.4, -0.2) is 9.55 Å². The van der Waals surface area contributed by atoms with Gasteiger partial charge in [0.2, 0.25) is 0 Å². The van der Waals surface area contributed by atoms with E-state index in [2.05, 4.69) is 94.5 Å². The predicted octanol–water partition coefficient (Wildman–Crippen LogP) is 8.91. The fourth-order valence-electron chi connectivity index (χ4n) is 5.25. The van der Waals surface area contributed by atoms with Crippen molar-refractivity contribution in [3.05, 3.63) is 97.2 Å². The molecule has 8 aromatic rings. The maximum Gasteiger partial charge on any atom is 0.124 e. The second-order valence-corrected chi connectivity index (χ2v) is 10.5. The number of fused-ring (bicyclic) bond motifs is 10. The average molecular weight is 457 g/mol. The van der Waals surface area contributed by atoms with Crippen LogP contribution in [0.4, 0.5) is 0 Å². The Labute approximate surface area is 196 Å². The SMILES string of the molecule is c1ccc2c(c1)sc1ccc(-n3c4ccccc4c4c5sc6ncccc6c5ccc43)cc12. The van der Waals surface area contributed by atoms with Crippen LogP contribution in [0.25, 0.3) is 68.0 Å². The van der Waals surface area contributed by atoms with Gasteiger partial charge in [-0.05, 0) is 48.5 Å². The van der Waals surface area contributed by atoms with Crippen molar-refractivity contribution < 1.29 is 0 Å². The number of pyridine rings is 1. The number of para-hydroxylation sites is 1. The van der Waals surface area contributed by atoms with Gasteiger partial charge in [-0.1, -0.05) is 42.5 Å². The predicted molar refractivity (Wildman–Crippen MR) is 144 cm³/mol. The molecule has 0 aliphatic rings. The van der Waals surface area contributed by atoms with Crippen molar-refractivity contribution in [3.8, 4) is 5.69 Å². The highest BCUT2D eigenvalue weighted by Gasteiger charge is 2.18. The van der Waals surface area contributed by atoms with Crippen molar-refractivity contribution in [2.24, 2.45) is 0 Å². The van der Waals surface area contributed by atoms with Gasteiger partial charge in [-0.2, -0.15) is 0 Å². The van der Waals surface area contributed by atoms with Crippen LogP contribution in [0.5, 0.6) is 0 Å². The topological polar surface area (TPSA) is 17.8 Å². The first kappa shape index (κ1) is 17.8. The molecule has 154 valence electrons. The first-order chi connectivity index (χ1) is 16.4. The lowest BCUT2D eigenvalue weighted by atomic mass is 10.1. The molecule has 0 N–H and O–H groups in total. The monoisotopic (exact) mass is 456 g/mol. The Morgan fingerprint density at radius 2 is 1.39 bits per heavy atom. The summed E-state index contributed by atoms with van der Waals surface area (Å²) >= 11 is 3.66. The number of hydrogen-bond donors (Lipinski definition) is 0. The lowest BCUT2D eigenvalue weighted by molar-refractivity contribution is 1.19. The smallest absolute Gasteiger partial charge is 0.124 e. The average Bonchev–Trinajstić information content (AvgIpc) is 3.52. The van der Waals surface area contributed by atoms with E-state index in [9.17, 15) is 0 Å². The summed E-state index contributed by atoms with van der Waals surface area (Å²) in [5.41, 5.74) is 3.69. The molecule has 0 spiro atoms. The highest BCUT2D eigenvalue weighted by molar-refractivity contribution is 7.26. The summed E-state index contributed by atoms with van der Waals surface area (Å²) in [6, 6.07) is 33.1. The molecule has 8 rings (SSSR count). The lowest BCUT2D eigenvalue weighted by Gasteiger charge is -2.08. The Balaban J connectivity index is 1.53. The van der Waals surface area contributed by atoms with Gasteiger partial charge in [-0.3, -0.25) is 0 Å². The van der Waals surface area contributed by atoms with Gasteiger partial charge in [-0.25, -0.2) is 4.98 Å². The van der Waals surface area contributed by atoms with Crippen LogP contribution < -0.4 is 0 Å². The third-order valence-electron chi connectivity index (χ3n) is 6.67. The van der Waals surface area contributed by atoms with E-state index in [0.717, 1.165) is 4.83 Å². The van der Waals surface area contributed by atoms with E-state index >= 15 is 0 Å². The normalized spacial score (nSPS) is 12.2. The van der Waals surface area contributed by atoms with Crippen molar-refractivity contribution in [1.82, 2.24) is 9.55 Å². The molecule has 2 nitrogen and oxygen atoms in total. The summed E-state index contributed by atoms with van der Waals surface area (Å²) in [7, 11) is 0. The standard InChI is InChI=1S/C29H16N2S2/c1-3-9-23-21(7-1)27-24(13-12-19-20-8-5-15-30-29(20)33-28(19)27)31(23)17-11-14-26-22(16-17)18-6-2-4-10-25(18)32-26/h1-16H. The molecule has 0 bridgehead atoms. The summed E-state index contributed by atoms with van der Waals surface area (Å²) in [5, 5.41) is 7.80. The summed E-state index contributed by atoms with van der Waals surface area (Å²) in [4.78, 5) is 5.74.